The fraction of sp³-hybridized carbons (Fsp3) is 0.846. The van der Waals surface area contributed by atoms with Crippen molar-refractivity contribution in [3.05, 3.63) is 0 Å². The van der Waals surface area contributed by atoms with Gasteiger partial charge < -0.3 is 9.47 Å². The van der Waals surface area contributed by atoms with Gasteiger partial charge in [0.25, 0.3) is 0 Å². The highest BCUT2D eigenvalue weighted by molar-refractivity contribution is 7.81. The van der Waals surface area contributed by atoms with Crippen LogP contribution in [0.15, 0.2) is 0 Å². The molecule has 0 unspecified atom stereocenters. The van der Waals surface area contributed by atoms with E-state index in [1.807, 2.05) is 0 Å². The van der Waals surface area contributed by atoms with Crippen molar-refractivity contribution in [2.24, 2.45) is 11.8 Å². The number of ether oxygens (including phenoxy) is 2. The maximum Gasteiger partial charge on any atom is 0.315 e. The van der Waals surface area contributed by atoms with Crippen LogP contribution in [0.1, 0.15) is 39.0 Å². The Kier molecular flexibility index (Phi) is 7.16. The van der Waals surface area contributed by atoms with E-state index in [1.165, 1.54) is 0 Å². The molecular weight excluding hydrogens is 252 g/mol. The smallest absolute Gasteiger partial charge is 0.315 e. The van der Waals surface area contributed by atoms with Gasteiger partial charge in [0.15, 0.2) is 0 Å². The molecule has 18 heavy (non-hydrogen) atoms. The minimum absolute atomic E-state index is 0.125. The Labute approximate surface area is 114 Å². The van der Waals surface area contributed by atoms with Crippen molar-refractivity contribution in [3.63, 3.8) is 0 Å². The van der Waals surface area contributed by atoms with E-state index in [4.69, 9.17) is 9.47 Å². The van der Waals surface area contributed by atoms with Crippen LogP contribution < -0.4 is 0 Å². The lowest BCUT2D eigenvalue weighted by molar-refractivity contribution is -0.146. The van der Waals surface area contributed by atoms with Crippen molar-refractivity contribution in [3.8, 4) is 0 Å². The maximum absolute atomic E-state index is 11.0. The third kappa shape index (κ3) is 5.76. The van der Waals surface area contributed by atoms with Gasteiger partial charge in [-0.25, -0.2) is 0 Å². The Morgan fingerprint density at radius 1 is 1.00 bits per heavy atom. The molecule has 1 aliphatic carbocycles. The highest BCUT2D eigenvalue weighted by Gasteiger charge is 2.23. The lowest BCUT2D eigenvalue weighted by Gasteiger charge is -2.27. The quantitative estimate of drug-likeness (QED) is 0.596. The molecule has 5 heteroatoms. The second kappa shape index (κ2) is 8.40. The van der Waals surface area contributed by atoms with Crippen molar-refractivity contribution in [1.82, 2.24) is 0 Å². The summed E-state index contributed by atoms with van der Waals surface area (Å²) in [4.78, 5) is 22.0. The summed E-state index contributed by atoms with van der Waals surface area (Å²) in [6.07, 6.45) is 4.59. The highest BCUT2D eigenvalue weighted by Crippen LogP contribution is 2.29. The SMILES string of the molecule is CCC(=O)OCC1CCC(COC(=O)CS)CC1. The molecule has 0 aromatic heterocycles. The van der Waals surface area contributed by atoms with Gasteiger partial charge in [-0.15, -0.1) is 0 Å². The molecular formula is C13H22O4S. The lowest BCUT2D eigenvalue weighted by atomic mass is 9.83. The molecule has 4 nitrogen and oxygen atoms in total. The second-order valence-electron chi connectivity index (χ2n) is 4.76. The summed E-state index contributed by atoms with van der Waals surface area (Å²) in [5, 5.41) is 0. The van der Waals surface area contributed by atoms with E-state index in [2.05, 4.69) is 12.6 Å². The fourth-order valence-electron chi connectivity index (χ4n) is 2.13. The summed E-state index contributed by atoms with van der Waals surface area (Å²) >= 11 is 3.86. The summed E-state index contributed by atoms with van der Waals surface area (Å²) < 4.78 is 10.2. The first-order valence-electron chi connectivity index (χ1n) is 6.57. The van der Waals surface area contributed by atoms with E-state index >= 15 is 0 Å². The van der Waals surface area contributed by atoms with Crippen molar-refractivity contribution in [2.75, 3.05) is 19.0 Å². The van der Waals surface area contributed by atoms with Crippen molar-refractivity contribution in [2.45, 2.75) is 39.0 Å². The van der Waals surface area contributed by atoms with Gasteiger partial charge in [0.05, 0.1) is 19.0 Å². The van der Waals surface area contributed by atoms with Crippen LogP contribution in [-0.4, -0.2) is 30.9 Å². The third-order valence-corrected chi connectivity index (χ3v) is 3.60. The van der Waals surface area contributed by atoms with Crippen LogP contribution >= 0.6 is 12.6 Å². The van der Waals surface area contributed by atoms with E-state index in [9.17, 15) is 9.59 Å². The van der Waals surface area contributed by atoms with Crippen LogP contribution in [0.4, 0.5) is 0 Å². The van der Waals surface area contributed by atoms with E-state index in [0.29, 0.717) is 31.5 Å². The standard InChI is InChI=1S/C13H22O4S/c1-2-12(14)16-7-10-3-5-11(6-4-10)8-17-13(15)9-18/h10-11,18H,2-9H2,1H3. The Morgan fingerprint density at radius 3 is 1.83 bits per heavy atom. The zero-order valence-corrected chi connectivity index (χ0v) is 11.8. The number of esters is 2. The first-order chi connectivity index (χ1) is 8.65. The van der Waals surface area contributed by atoms with E-state index in [1.54, 1.807) is 6.92 Å². The third-order valence-electron chi connectivity index (χ3n) is 3.34. The summed E-state index contributed by atoms with van der Waals surface area (Å²) in [6.45, 7) is 2.84. The summed E-state index contributed by atoms with van der Waals surface area (Å²) in [5.41, 5.74) is 0. The predicted molar refractivity (Wildman–Crippen MR) is 71.5 cm³/mol. The van der Waals surface area contributed by atoms with Gasteiger partial charge in [-0.1, -0.05) is 6.92 Å². The van der Waals surface area contributed by atoms with Gasteiger partial charge in [0.1, 0.15) is 0 Å². The summed E-state index contributed by atoms with van der Waals surface area (Å²) in [6, 6.07) is 0. The molecule has 0 N–H and O–H groups in total. The summed E-state index contributed by atoms with van der Waals surface area (Å²) in [7, 11) is 0. The van der Waals surface area contributed by atoms with Gasteiger partial charge in [-0.05, 0) is 37.5 Å². The normalized spacial score (nSPS) is 23.4. The Bertz CT molecular complexity index is 244. The fourth-order valence-corrected chi connectivity index (χ4v) is 2.23. The number of carbonyl (C=O) groups excluding carboxylic acids is 2. The van der Waals surface area contributed by atoms with Crippen molar-refractivity contribution in [1.29, 1.82) is 0 Å². The Morgan fingerprint density at radius 2 is 1.44 bits per heavy atom. The van der Waals surface area contributed by atoms with Gasteiger partial charge in [0.2, 0.25) is 0 Å². The molecule has 0 aliphatic heterocycles. The first kappa shape index (κ1) is 15.3. The molecule has 0 aromatic rings. The van der Waals surface area contributed by atoms with Gasteiger partial charge in [-0.3, -0.25) is 9.59 Å². The number of hydrogen-bond acceptors (Lipinski definition) is 5. The van der Waals surface area contributed by atoms with E-state index < -0.39 is 0 Å². The Balaban J connectivity index is 2.12. The van der Waals surface area contributed by atoms with Crippen LogP contribution in [0.5, 0.6) is 0 Å². The summed E-state index contributed by atoms with van der Waals surface area (Å²) in [5.74, 6) is 0.684. The average Bonchev–Trinajstić information content (AvgIpc) is 2.43. The van der Waals surface area contributed by atoms with Crippen molar-refractivity contribution >= 4 is 24.6 Å². The van der Waals surface area contributed by atoms with Crippen LogP contribution in [0, 0.1) is 11.8 Å². The molecule has 0 atom stereocenters. The highest BCUT2D eigenvalue weighted by atomic mass is 32.1. The lowest BCUT2D eigenvalue weighted by Crippen LogP contribution is -2.24. The van der Waals surface area contributed by atoms with Gasteiger partial charge in [0, 0.05) is 6.42 Å². The van der Waals surface area contributed by atoms with E-state index in [0.717, 1.165) is 25.7 Å². The molecule has 1 fully saturated rings. The van der Waals surface area contributed by atoms with Crippen LogP contribution in [0.2, 0.25) is 0 Å². The van der Waals surface area contributed by atoms with E-state index in [-0.39, 0.29) is 17.7 Å². The monoisotopic (exact) mass is 274 g/mol. The largest absolute Gasteiger partial charge is 0.465 e. The zero-order valence-electron chi connectivity index (χ0n) is 10.9. The van der Waals surface area contributed by atoms with Gasteiger partial charge in [-0.2, -0.15) is 12.6 Å². The van der Waals surface area contributed by atoms with Crippen LogP contribution in [-0.2, 0) is 19.1 Å². The molecule has 0 spiro atoms. The molecule has 1 saturated carbocycles. The number of carbonyl (C=O) groups is 2. The molecule has 0 heterocycles. The molecule has 0 radical (unpaired) electrons. The molecule has 0 bridgehead atoms. The molecule has 104 valence electrons. The maximum atomic E-state index is 11.0. The minimum atomic E-state index is -0.252. The minimum Gasteiger partial charge on any atom is -0.465 e. The molecule has 1 rings (SSSR count). The average molecular weight is 274 g/mol. The predicted octanol–water partition coefficient (Wildman–Crippen LogP) is 2.22. The number of hydrogen-bond donors (Lipinski definition) is 1. The van der Waals surface area contributed by atoms with Crippen molar-refractivity contribution < 1.29 is 19.1 Å². The van der Waals surface area contributed by atoms with Gasteiger partial charge >= 0.3 is 11.9 Å². The first-order valence-corrected chi connectivity index (χ1v) is 7.21. The zero-order chi connectivity index (χ0) is 13.4. The second-order valence-corrected chi connectivity index (χ2v) is 5.08. The molecule has 0 saturated heterocycles. The Hall–Kier alpha value is -0.710. The topological polar surface area (TPSA) is 52.6 Å². The molecule has 1 aliphatic rings. The van der Waals surface area contributed by atoms with Crippen LogP contribution in [0.25, 0.3) is 0 Å². The number of thiol groups is 1. The molecule has 0 aromatic carbocycles. The molecule has 0 amide bonds. The van der Waals surface area contributed by atoms with Crippen LogP contribution in [0.3, 0.4) is 0 Å². The number of rotatable bonds is 6.